The van der Waals surface area contributed by atoms with Crippen molar-refractivity contribution in [3.63, 3.8) is 0 Å². The average Bonchev–Trinajstić information content (AvgIpc) is 2.38. The highest BCUT2D eigenvalue weighted by molar-refractivity contribution is 6.02. The zero-order chi connectivity index (χ0) is 12.8. The van der Waals surface area contributed by atoms with E-state index in [-0.39, 0.29) is 5.84 Å². The molecule has 0 spiro atoms. The van der Waals surface area contributed by atoms with E-state index in [9.17, 15) is 0 Å². The Balaban J connectivity index is 2.25. The zero-order valence-electron chi connectivity index (χ0n) is 10.7. The maximum Gasteiger partial charge on any atom is 0.172 e. The van der Waals surface area contributed by atoms with E-state index in [1.165, 1.54) is 32.1 Å². The number of anilines is 1. The van der Waals surface area contributed by atoms with Gasteiger partial charge in [0.15, 0.2) is 5.84 Å². The van der Waals surface area contributed by atoms with Crippen LogP contribution in [0.3, 0.4) is 0 Å². The Kier molecular flexibility index (Phi) is 4.45. The first-order valence-corrected chi connectivity index (χ1v) is 6.65. The fourth-order valence-corrected chi connectivity index (χ4v) is 2.51. The van der Waals surface area contributed by atoms with Crippen LogP contribution in [0.15, 0.2) is 29.4 Å². The summed E-state index contributed by atoms with van der Waals surface area (Å²) in [7, 11) is 0. The molecule has 0 aliphatic carbocycles. The van der Waals surface area contributed by atoms with Crippen LogP contribution in [0, 0.1) is 0 Å². The normalized spacial score (nSPS) is 18.2. The summed E-state index contributed by atoms with van der Waals surface area (Å²) in [5, 5.41) is 12.0. The van der Waals surface area contributed by atoms with E-state index in [4.69, 9.17) is 10.9 Å². The van der Waals surface area contributed by atoms with Crippen molar-refractivity contribution in [1.82, 2.24) is 0 Å². The molecule has 1 aromatic carbocycles. The lowest BCUT2D eigenvalue weighted by atomic mass is 10.1. The van der Waals surface area contributed by atoms with Crippen molar-refractivity contribution in [3.8, 4) is 0 Å². The van der Waals surface area contributed by atoms with Gasteiger partial charge >= 0.3 is 0 Å². The molecule has 0 aromatic heterocycles. The number of para-hydroxylation sites is 1. The quantitative estimate of drug-likeness (QED) is 0.365. The Morgan fingerprint density at radius 2 is 1.67 bits per heavy atom. The number of hydrogen-bond acceptors (Lipinski definition) is 3. The van der Waals surface area contributed by atoms with Gasteiger partial charge in [-0.05, 0) is 25.0 Å². The van der Waals surface area contributed by atoms with E-state index in [1.54, 1.807) is 0 Å². The van der Waals surface area contributed by atoms with Crippen LogP contribution in [-0.2, 0) is 0 Å². The fourth-order valence-electron chi connectivity index (χ4n) is 2.51. The van der Waals surface area contributed by atoms with Crippen LogP contribution in [0.5, 0.6) is 0 Å². The van der Waals surface area contributed by atoms with Gasteiger partial charge in [-0.1, -0.05) is 36.6 Å². The molecule has 0 saturated carbocycles. The summed E-state index contributed by atoms with van der Waals surface area (Å²) < 4.78 is 0. The summed E-state index contributed by atoms with van der Waals surface area (Å²) >= 11 is 0. The highest BCUT2D eigenvalue weighted by Gasteiger charge is 2.14. The van der Waals surface area contributed by atoms with Gasteiger partial charge < -0.3 is 15.8 Å². The predicted molar refractivity (Wildman–Crippen MR) is 74.3 cm³/mol. The topological polar surface area (TPSA) is 61.9 Å². The molecule has 3 N–H and O–H groups in total. The average molecular weight is 247 g/mol. The monoisotopic (exact) mass is 247 g/mol. The van der Waals surface area contributed by atoms with Crippen molar-refractivity contribution in [1.29, 1.82) is 0 Å². The van der Waals surface area contributed by atoms with Crippen LogP contribution in [-0.4, -0.2) is 24.1 Å². The molecule has 18 heavy (non-hydrogen) atoms. The van der Waals surface area contributed by atoms with E-state index in [0.717, 1.165) is 24.3 Å². The Labute approximate surface area is 108 Å². The molecule has 0 radical (unpaired) electrons. The lowest BCUT2D eigenvalue weighted by molar-refractivity contribution is 0.318. The SMILES string of the molecule is N/C(=N\O)c1ccccc1N1CCCCCCC1. The molecule has 1 heterocycles. The molecule has 4 heteroatoms. The van der Waals surface area contributed by atoms with Crippen LogP contribution in [0.4, 0.5) is 5.69 Å². The smallest absolute Gasteiger partial charge is 0.172 e. The van der Waals surface area contributed by atoms with Gasteiger partial charge in [-0.2, -0.15) is 0 Å². The van der Waals surface area contributed by atoms with Crippen molar-refractivity contribution in [2.24, 2.45) is 10.9 Å². The highest BCUT2D eigenvalue weighted by Crippen LogP contribution is 2.23. The number of hydrogen-bond donors (Lipinski definition) is 2. The van der Waals surface area contributed by atoms with Gasteiger partial charge in [0.05, 0.1) is 0 Å². The van der Waals surface area contributed by atoms with Crippen LogP contribution >= 0.6 is 0 Å². The maximum atomic E-state index is 8.86. The molecule has 98 valence electrons. The van der Waals surface area contributed by atoms with Crippen LogP contribution < -0.4 is 10.6 Å². The highest BCUT2D eigenvalue weighted by atomic mass is 16.4. The van der Waals surface area contributed by atoms with Crippen LogP contribution in [0.2, 0.25) is 0 Å². The molecule has 1 aliphatic heterocycles. The van der Waals surface area contributed by atoms with E-state index in [2.05, 4.69) is 16.1 Å². The van der Waals surface area contributed by atoms with Gasteiger partial charge in [0, 0.05) is 24.3 Å². The molecule has 0 unspecified atom stereocenters. The Morgan fingerprint density at radius 1 is 1.06 bits per heavy atom. The number of rotatable bonds is 2. The van der Waals surface area contributed by atoms with E-state index in [0.29, 0.717) is 0 Å². The van der Waals surface area contributed by atoms with Crippen molar-refractivity contribution >= 4 is 11.5 Å². The molecule has 2 rings (SSSR count). The summed E-state index contributed by atoms with van der Waals surface area (Å²) in [6, 6.07) is 7.88. The first-order chi connectivity index (χ1) is 8.83. The molecule has 1 fully saturated rings. The minimum absolute atomic E-state index is 0.188. The molecule has 0 amide bonds. The van der Waals surface area contributed by atoms with Gasteiger partial charge in [0.2, 0.25) is 0 Å². The second-order valence-corrected chi connectivity index (χ2v) is 4.76. The Hall–Kier alpha value is -1.71. The van der Waals surface area contributed by atoms with E-state index in [1.807, 2.05) is 18.2 Å². The predicted octanol–water partition coefficient (Wildman–Crippen LogP) is 2.55. The molecule has 1 aromatic rings. The van der Waals surface area contributed by atoms with Gasteiger partial charge in [-0.25, -0.2) is 0 Å². The molecule has 1 saturated heterocycles. The summed E-state index contributed by atoms with van der Waals surface area (Å²) in [5.74, 6) is 0.188. The minimum atomic E-state index is 0.188. The van der Waals surface area contributed by atoms with Crippen molar-refractivity contribution in [2.45, 2.75) is 32.1 Å². The second kappa shape index (κ2) is 6.28. The van der Waals surface area contributed by atoms with Gasteiger partial charge in [0.25, 0.3) is 0 Å². The number of oxime groups is 1. The third-order valence-electron chi connectivity index (χ3n) is 3.48. The minimum Gasteiger partial charge on any atom is -0.409 e. The maximum absolute atomic E-state index is 8.86. The van der Waals surface area contributed by atoms with Crippen LogP contribution in [0.25, 0.3) is 0 Å². The van der Waals surface area contributed by atoms with Crippen LogP contribution in [0.1, 0.15) is 37.7 Å². The zero-order valence-corrected chi connectivity index (χ0v) is 10.7. The summed E-state index contributed by atoms with van der Waals surface area (Å²) in [6.07, 6.45) is 6.36. The molecule has 4 nitrogen and oxygen atoms in total. The van der Waals surface area contributed by atoms with Crippen molar-refractivity contribution in [3.05, 3.63) is 29.8 Å². The summed E-state index contributed by atoms with van der Waals surface area (Å²) in [5.41, 5.74) is 7.64. The first-order valence-electron chi connectivity index (χ1n) is 6.65. The first kappa shape index (κ1) is 12.7. The van der Waals surface area contributed by atoms with Gasteiger partial charge in [0.1, 0.15) is 0 Å². The molecule has 1 aliphatic rings. The van der Waals surface area contributed by atoms with Crippen molar-refractivity contribution in [2.75, 3.05) is 18.0 Å². The molecule has 0 bridgehead atoms. The summed E-state index contributed by atoms with van der Waals surface area (Å²) in [4.78, 5) is 2.35. The number of benzene rings is 1. The standard InChI is InChI=1S/C14H21N3O/c15-14(16-18)12-8-4-5-9-13(12)17-10-6-2-1-3-7-11-17/h4-5,8-9,18H,1-3,6-7,10-11H2,(H2,15,16). The van der Waals surface area contributed by atoms with Gasteiger partial charge in [-0.15, -0.1) is 0 Å². The largest absolute Gasteiger partial charge is 0.409 e. The lowest BCUT2D eigenvalue weighted by Crippen LogP contribution is -2.29. The van der Waals surface area contributed by atoms with Crippen molar-refractivity contribution < 1.29 is 5.21 Å². The molecular formula is C14H21N3O. The fraction of sp³-hybridized carbons (Fsp3) is 0.500. The number of amidine groups is 1. The Bertz CT molecular complexity index is 409. The van der Waals surface area contributed by atoms with Gasteiger partial charge in [-0.3, -0.25) is 0 Å². The summed E-state index contributed by atoms with van der Waals surface area (Å²) in [6.45, 7) is 2.10. The third kappa shape index (κ3) is 2.94. The second-order valence-electron chi connectivity index (χ2n) is 4.76. The lowest BCUT2D eigenvalue weighted by Gasteiger charge is -2.28. The number of nitrogens with zero attached hydrogens (tertiary/aromatic N) is 2. The molecular weight excluding hydrogens is 226 g/mol. The number of nitrogens with two attached hydrogens (primary N) is 1. The third-order valence-corrected chi connectivity index (χ3v) is 3.48. The molecule has 0 atom stereocenters. The van der Waals surface area contributed by atoms with E-state index < -0.39 is 0 Å². The Morgan fingerprint density at radius 3 is 2.33 bits per heavy atom. The van der Waals surface area contributed by atoms with E-state index >= 15 is 0 Å².